The SMILES string of the molecule is CC(Sc1ccc(NC(=O)C2CC=CCC2C(=O)O)cc1)C(=O)Nc1ccc(Br)cc1F. The fraction of sp³-hybridized carbons (Fsp3) is 0.261. The molecule has 3 unspecified atom stereocenters. The molecule has 0 bridgehead atoms. The zero-order valence-corrected chi connectivity index (χ0v) is 19.6. The molecule has 3 atom stereocenters. The molecule has 9 heteroatoms. The maximum Gasteiger partial charge on any atom is 0.307 e. The number of halogens is 2. The van der Waals surface area contributed by atoms with Gasteiger partial charge in [-0.15, -0.1) is 11.8 Å². The molecule has 3 N–H and O–H groups in total. The van der Waals surface area contributed by atoms with Crippen LogP contribution in [0, 0.1) is 17.7 Å². The first-order valence-electron chi connectivity index (χ1n) is 9.96. The van der Waals surface area contributed by atoms with E-state index in [0.717, 1.165) is 4.90 Å². The Morgan fingerprint density at radius 1 is 1.06 bits per heavy atom. The Morgan fingerprint density at radius 2 is 1.72 bits per heavy atom. The van der Waals surface area contributed by atoms with Crippen LogP contribution in [-0.2, 0) is 14.4 Å². The summed E-state index contributed by atoms with van der Waals surface area (Å²) in [7, 11) is 0. The molecule has 2 aromatic carbocycles. The number of amides is 2. The van der Waals surface area contributed by atoms with E-state index in [4.69, 9.17) is 0 Å². The average molecular weight is 521 g/mol. The van der Waals surface area contributed by atoms with E-state index in [1.807, 2.05) is 6.08 Å². The highest BCUT2D eigenvalue weighted by Crippen LogP contribution is 2.29. The van der Waals surface area contributed by atoms with Crippen molar-refractivity contribution >= 4 is 56.9 Å². The number of carboxylic acid groups (broad SMARTS) is 1. The number of allylic oxidation sites excluding steroid dienone is 2. The fourth-order valence-electron chi connectivity index (χ4n) is 3.31. The van der Waals surface area contributed by atoms with Gasteiger partial charge in [0.15, 0.2) is 0 Å². The number of carbonyl (C=O) groups excluding carboxylic acids is 2. The van der Waals surface area contributed by atoms with Crippen molar-refractivity contribution in [3.05, 3.63) is 64.9 Å². The van der Waals surface area contributed by atoms with Crippen molar-refractivity contribution < 1.29 is 23.9 Å². The summed E-state index contributed by atoms with van der Waals surface area (Å²) in [6.07, 6.45) is 4.35. The second-order valence-corrected chi connectivity index (χ2v) is 9.71. The third kappa shape index (κ3) is 6.20. The number of hydrogen-bond donors (Lipinski definition) is 3. The van der Waals surface area contributed by atoms with E-state index >= 15 is 0 Å². The minimum absolute atomic E-state index is 0.112. The predicted molar refractivity (Wildman–Crippen MR) is 126 cm³/mol. The van der Waals surface area contributed by atoms with Crippen LogP contribution in [-0.4, -0.2) is 28.1 Å². The summed E-state index contributed by atoms with van der Waals surface area (Å²) in [5, 5.41) is 14.2. The second-order valence-electron chi connectivity index (χ2n) is 7.38. The molecule has 0 aromatic heterocycles. The number of carboxylic acids is 1. The third-order valence-electron chi connectivity index (χ3n) is 5.08. The van der Waals surface area contributed by atoms with Gasteiger partial charge in [0.05, 0.1) is 22.8 Å². The highest BCUT2D eigenvalue weighted by Gasteiger charge is 2.33. The smallest absolute Gasteiger partial charge is 0.307 e. The molecule has 0 saturated carbocycles. The van der Waals surface area contributed by atoms with Gasteiger partial charge in [-0.3, -0.25) is 14.4 Å². The lowest BCUT2D eigenvalue weighted by Crippen LogP contribution is -2.34. The molecular formula is C23H22BrFN2O4S. The second kappa shape index (κ2) is 10.8. The Bertz CT molecular complexity index is 1040. The highest BCUT2D eigenvalue weighted by molar-refractivity contribution is 9.10. The molecule has 1 aliphatic carbocycles. The van der Waals surface area contributed by atoms with Gasteiger partial charge in [-0.1, -0.05) is 28.1 Å². The Hall–Kier alpha value is -2.65. The summed E-state index contributed by atoms with van der Waals surface area (Å²) >= 11 is 4.47. The minimum Gasteiger partial charge on any atom is -0.481 e. The van der Waals surface area contributed by atoms with E-state index in [2.05, 4.69) is 26.6 Å². The lowest BCUT2D eigenvalue weighted by molar-refractivity contribution is -0.146. The number of hydrogen-bond acceptors (Lipinski definition) is 4. The quantitative estimate of drug-likeness (QED) is 0.339. The first-order chi connectivity index (χ1) is 15.2. The van der Waals surface area contributed by atoms with Gasteiger partial charge in [-0.05, 0) is 62.2 Å². The molecule has 0 fully saturated rings. The normalized spacial score (nSPS) is 18.6. The van der Waals surface area contributed by atoms with Crippen molar-refractivity contribution in [1.82, 2.24) is 0 Å². The molecule has 0 heterocycles. The van der Waals surface area contributed by atoms with E-state index < -0.39 is 28.9 Å². The maximum absolute atomic E-state index is 13.9. The average Bonchev–Trinajstić information content (AvgIpc) is 2.76. The third-order valence-corrected chi connectivity index (χ3v) is 6.68. The van der Waals surface area contributed by atoms with Crippen LogP contribution in [0.5, 0.6) is 0 Å². The van der Waals surface area contributed by atoms with Crippen molar-refractivity contribution in [2.75, 3.05) is 10.6 Å². The van der Waals surface area contributed by atoms with Gasteiger partial charge in [-0.25, -0.2) is 4.39 Å². The summed E-state index contributed by atoms with van der Waals surface area (Å²) in [5.74, 6) is -3.51. The van der Waals surface area contributed by atoms with Gasteiger partial charge >= 0.3 is 5.97 Å². The lowest BCUT2D eigenvalue weighted by Gasteiger charge is -2.24. The first-order valence-corrected chi connectivity index (χ1v) is 11.6. The van der Waals surface area contributed by atoms with Crippen molar-refractivity contribution in [2.45, 2.75) is 29.9 Å². The standard InChI is InChI=1S/C23H22BrFN2O4S/c1-13(21(28)27-20-11-6-14(24)12-19(20)25)32-16-9-7-15(8-10-16)26-22(29)17-4-2-3-5-18(17)23(30)31/h2-3,6-13,17-18H,4-5H2,1H3,(H,26,29)(H,27,28)(H,30,31). The molecule has 0 aliphatic heterocycles. The first kappa shape index (κ1) is 24.0. The van der Waals surface area contributed by atoms with E-state index in [1.54, 1.807) is 43.3 Å². The Morgan fingerprint density at radius 3 is 2.34 bits per heavy atom. The molecule has 2 amide bonds. The van der Waals surface area contributed by atoms with E-state index in [-0.39, 0.29) is 17.5 Å². The molecule has 168 valence electrons. The summed E-state index contributed by atoms with van der Waals surface area (Å²) in [4.78, 5) is 37.2. The van der Waals surface area contributed by atoms with Crippen LogP contribution >= 0.6 is 27.7 Å². The number of thioether (sulfide) groups is 1. The molecule has 3 rings (SSSR count). The number of rotatable bonds is 7. The van der Waals surface area contributed by atoms with Crippen LogP contribution in [0.3, 0.4) is 0 Å². The Labute approximate surface area is 197 Å². The van der Waals surface area contributed by atoms with Crippen molar-refractivity contribution in [3.8, 4) is 0 Å². The number of carbonyl (C=O) groups is 3. The molecule has 1 aliphatic rings. The molecule has 6 nitrogen and oxygen atoms in total. The number of benzene rings is 2. The maximum atomic E-state index is 13.9. The van der Waals surface area contributed by atoms with Gasteiger partial charge in [0.25, 0.3) is 0 Å². The number of nitrogens with one attached hydrogen (secondary N) is 2. The number of aliphatic carboxylic acids is 1. The van der Waals surface area contributed by atoms with Gasteiger partial charge < -0.3 is 15.7 Å². The van der Waals surface area contributed by atoms with Crippen LogP contribution in [0.1, 0.15) is 19.8 Å². The predicted octanol–water partition coefficient (Wildman–Crippen LogP) is 5.31. The van der Waals surface area contributed by atoms with Gasteiger partial charge in [-0.2, -0.15) is 0 Å². The summed E-state index contributed by atoms with van der Waals surface area (Å²) in [6.45, 7) is 1.72. The van der Waals surface area contributed by atoms with Crippen LogP contribution in [0.25, 0.3) is 0 Å². The molecule has 0 saturated heterocycles. The highest BCUT2D eigenvalue weighted by atomic mass is 79.9. The monoisotopic (exact) mass is 520 g/mol. The van der Waals surface area contributed by atoms with E-state index in [0.29, 0.717) is 23.0 Å². The lowest BCUT2D eigenvalue weighted by atomic mass is 9.82. The van der Waals surface area contributed by atoms with Gasteiger partial charge in [0.1, 0.15) is 5.82 Å². The zero-order chi connectivity index (χ0) is 23.3. The van der Waals surface area contributed by atoms with Gasteiger partial charge in [0, 0.05) is 15.1 Å². The molecule has 32 heavy (non-hydrogen) atoms. The molecular weight excluding hydrogens is 499 g/mol. The van der Waals surface area contributed by atoms with Crippen molar-refractivity contribution in [3.63, 3.8) is 0 Å². The van der Waals surface area contributed by atoms with E-state index in [9.17, 15) is 23.9 Å². The molecule has 2 aromatic rings. The Balaban J connectivity index is 1.56. The van der Waals surface area contributed by atoms with Crippen LogP contribution in [0.4, 0.5) is 15.8 Å². The Kier molecular flexibility index (Phi) is 8.09. The van der Waals surface area contributed by atoms with Crippen LogP contribution in [0.15, 0.2) is 64.0 Å². The summed E-state index contributed by atoms with van der Waals surface area (Å²) in [5.41, 5.74) is 0.660. The van der Waals surface area contributed by atoms with Gasteiger partial charge in [0.2, 0.25) is 11.8 Å². The summed E-state index contributed by atoms with van der Waals surface area (Å²) in [6, 6.07) is 11.3. The molecule has 0 spiro atoms. The minimum atomic E-state index is -0.975. The zero-order valence-electron chi connectivity index (χ0n) is 17.2. The van der Waals surface area contributed by atoms with E-state index in [1.165, 1.54) is 23.9 Å². The van der Waals surface area contributed by atoms with Crippen molar-refractivity contribution in [2.24, 2.45) is 11.8 Å². The molecule has 0 radical (unpaired) electrons. The summed E-state index contributed by atoms with van der Waals surface area (Å²) < 4.78 is 14.5. The van der Waals surface area contributed by atoms with Crippen molar-refractivity contribution in [1.29, 1.82) is 0 Å². The fourth-order valence-corrected chi connectivity index (χ4v) is 4.51. The number of anilines is 2. The van der Waals surface area contributed by atoms with Crippen LogP contribution in [0.2, 0.25) is 0 Å². The largest absolute Gasteiger partial charge is 0.481 e. The topological polar surface area (TPSA) is 95.5 Å². The van der Waals surface area contributed by atoms with Crippen LogP contribution < -0.4 is 10.6 Å².